The summed E-state index contributed by atoms with van der Waals surface area (Å²) in [6.07, 6.45) is 8.15. The molecule has 0 saturated carbocycles. The van der Waals surface area contributed by atoms with Gasteiger partial charge in [-0.2, -0.15) is 5.10 Å². The van der Waals surface area contributed by atoms with Gasteiger partial charge in [0.2, 0.25) is 0 Å². The van der Waals surface area contributed by atoms with Crippen LogP contribution in [0.2, 0.25) is 0 Å². The summed E-state index contributed by atoms with van der Waals surface area (Å²) < 4.78 is 0. The van der Waals surface area contributed by atoms with Gasteiger partial charge in [0.1, 0.15) is 11.6 Å². The summed E-state index contributed by atoms with van der Waals surface area (Å²) in [6, 6.07) is 13.3. The van der Waals surface area contributed by atoms with Crippen LogP contribution in [0.4, 0.5) is 11.6 Å². The number of amides is 1. The van der Waals surface area contributed by atoms with E-state index < -0.39 is 0 Å². The molecule has 1 N–H and O–H groups in total. The van der Waals surface area contributed by atoms with E-state index in [1.807, 2.05) is 35.4 Å². The van der Waals surface area contributed by atoms with Crippen LogP contribution < -0.4 is 5.32 Å². The van der Waals surface area contributed by atoms with Crippen LogP contribution in [0.15, 0.2) is 61.1 Å². The van der Waals surface area contributed by atoms with E-state index in [0.717, 1.165) is 44.0 Å². The molecule has 1 saturated heterocycles. The Bertz CT molecular complexity index is 918. The van der Waals surface area contributed by atoms with Crippen molar-refractivity contribution in [3.8, 4) is 0 Å². The Balaban J connectivity index is 1.40. The number of likely N-dealkylation sites (tertiary alicyclic amines) is 1. The summed E-state index contributed by atoms with van der Waals surface area (Å²) in [5, 5.41) is 11.0. The lowest BCUT2D eigenvalue weighted by Gasteiger charge is -2.32. The minimum Gasteiger partial charge on any atom is -0.337 e. The number of aromatic nitrogens is 4. The molecular weight excluding hydrogens is 352 g/mol. The van der Waals surface area contributed by atoms with E-state index >= 15 is 0 Å². The number of carbonyl (C=O) groups excluding carboxylic acids is 1. The molecule has 3 aromatic rings. The molecule has 4 heterocycles. The SMILES string of the molecule is O=C(c1cccnn1)N1CCC[C@@H](Cc2ccnc(Nc3ccccn3)c2)C1. The summed E-state index contributed by atoms with van der Waals surface area (Å²) in [5.41, 5.74) is 1.61. The Morgan fingerprint density at radius 1 is 1.07 bits per heavy atom. The fourth-order valence-corrected chi connectivity index (χ4v) is 3.56. The fraction of sp³-hybridized carbons (Fsp3) is 0.286. The molecule has 0 aliphatic carbocycles. The molecule has 0 radical (unpaired) electrons. The van der Waals surface area contributed by atoms with Gasteiger partial charge in [0.25, 0.3) is 5.91 Å². The summed E-state index contributed by atoms with van der Waals surface area (Å²) >= 11 is 0. The van der Waals surface area contributed by atoms with Gasteiger partial charge in [0.15, 0.2) is 5.69 Å². The fourth-order valence-electron chi connectivity index (χ4n) is 3.56. The van der Waals surface area contributed by atoms with Gasteiger partial charge in [0.05, 0.1) is 0 Å². The third kappa shape index (κ3) is 4.49. The molecule has 0 unspecified atom stereocenters. The zero-order valence-corrected chi connectivity index (χ0v) is 15.5. The number of hydrogen-bond acceptors (Lipinski definition) is 6. The van der Waals surface area contributed by atoms with Crippen molar-refractivity contribution >= 4 is 17.5 Å². The van der Waals surface area contributed by atoms with Crippen molar-refractivity contribution in [3.63, 3.8) is 0 Å². The van der Waals surface area contributed by atoms with Gasteiger partial charge in [0, 0.05) is 31.7 Å². The van der Waals surface area contributed by atoms with Crippen LogP contribution in [-0.2, 0) is 6.42 Å². The van der Waals surface area contributed by atoms with Crippen molar-refractivity contribution in [1.82, 2.24) is 25.1 Å². The topological polar surface area (TPSA) is 83.9 Å². The molecule has 0 aromatic carbocycles. The Morgan fingerprint density at radius 2 is 2.00 bits per heavy atom. The second kappa shape index (κ2) is 8.56. The summed E-state index contributed by atoms with van der Waals surface area (Å²) in [7, 11) is 0. The van der Waals surface area contributed by atoms with E-state index in [4.69, 9.17) is 0 Å². The minimum absolute atomic E-state index is 0.0370. The van der Waals surface area contributed by atoms with Crippen LogP contribution in [0.1, 0.15) is 28.9 Å². The summed E-state index contributed by atoms with van der Waals surface area (Å²) in [5.74, 6) is 1.93. The van der Waals surface area contributed by atoms with Crippen molar-refractivity contribution in [2.75, 3.05) is 18.4 Å². The van der Waals surface area contributed by atoms with Crippen molar-refractivity contribution in [2.45, 2.75) is 19.3 Å². The normalized spacial score (nSPS) is 16.6. The minimum atomic E-state index is -0.0370. The molecule has 1 aliphatic heterocycles. The molecule has 7 heteroatoms. The highest BCUT2D eigenvalue weighted by Crippen LogP contribution is 2.23. The summed E-state index contributed by atoms with van der Waals surface area (Å²) in [4.78, 5) is 23.2. The average Bonchev–Trinajstić information content (AvgIpc) is 2.75. The Morgan fingerprint density at radius 3 is 2.82 bits per heavy atom. The van der Waals surface area contributed by atoms with E-state index in [2.05, 4.69) is 31.5 Å². The molecular formula is C21H22N6O. The average molecular weight is 374 g/mol. The number of carbonyl (C=O) groups is 1. The van der Waals surface area contributed by atoms with E-state index in [1.165, 1.54) is 5.56 Å². The highest BCUT2D eigenvalue weighted by molar-refractivity contribution is 5.92. The Labute approximate surface area is 163 Å². The van der Waals surface area contributed by atoms with Crippen molar-refractivity contribution in [1.29, 1.82) is 0 Å². The number of rotatable bonds is 5. The second-order valence-corrected chi connectivity index (χ2v) is 6.96. The van der Waals surface area contributed by atoms with Gasteiger partial charge >= 0.3 is 0 Å². The van der Waals surface area contributed by atoms with Crippen LogP contribution in [0.5, 0.6) is 0 Å². The lowest BCUT2D eigenvalue weighted by Crippen LogP contribution is -2.40. The van der Waals surface area contributed by atoms with Crippen molar-refractivity contribution in [2.24, 2.45) is 5.92 Å². The monoisotopic (exact) mass is 374 g/mol. The van der Waals surface area contributed by atoms with E-state index in [0.29, 0.717) is 11.6 Å². The Kier molecular flexibility index (Phi) is 5.51. The van der Waals surface area contributed by atoms with Gasteiger partial charge in [-0.15, -0.1) is 5.10 Å². The smallest absolute Gasteiger partial charge is 0.274 e. The predicted molar refractivity (Wildman–Crippen MR) is 106 cm³/mol. The first-order valence-corrected chi connectivity index (χ1v) is 9.48. The molecule has 3 aromatic heterocycles. The van der Waals surface area contributed by atoms with E-state index in [9.17, 15) is 4.79 Å². The lowest BCUT2D eigenvalue weighted by atomic mass is 9.91. The van der Waals surface area contributed by atoms with Crippen LogP contribution in [-0.4, -0.2) is 44.1 Å². The van der Waals surface area contributed by atoms with Crippen LogP contribution in [0, 0.1) is 5.92 Å². The van der Waals surface area contributed by atoms with E-state index in [-0.39, 0.29) is 5.91 Å². The molecule has 28 heavy (non-hydrogen) atoms. The number of anilines is 2. The third-order valence-electron chi connectivity index (χ3n) is 4.87. The zero-order valence-electron chi connectivity index (χ0n) is 15.5. The predicted octanol–water partition coefficient (Wildman–Crippen LogP) is 3.11. The first-order valence-electron chi connectivity index (χ1n) is 9.48. The maximum absolute atomic E-state index is 12.7. The molecule has 7 nitrogen and oxygen atoms in total. The number of hydrogen-bond donors (Lipinski definition) is 1. The molecule has 4 rings (SSSR count). The first-order chi connectivity index (χ1) is 13.8. The highest BCUT2D eigenvalue weighted by atomic mass is 16.2. The van der Waals surface area contributed by atoms with Gasteiger partial charge in [-0.25, -0.2) is 9.97 Å². The first kappa shape index (κ1) is 18.0. The maximum atomic E-state index is 12.7. The molecule has 142 valence electrons. The van der Waals surface area contributed by atoms with Crippen molar-refractivity contribution in [3.05, 3.63) is 72.3 Å². The number of nitrogens with zero attached hydrogens (tertiary/aromatic N) is 5. The quantitative estimate of drug-likeness (QED) is 0.739. The largest absolute Gasteiger partial charge is 0.337 e. The van der Waals surface area contributed by atoms with E-state index in [1.54, 1.807) is 24.5 Å². The van der Waals surface area contributed by atoms with Gasteiger partial charge < -0.3 is 10.2 Å². The molecule has 1 aliphatic rings. The molecule has 1 atom stereocenters. The van der Waals surface area contributed by atoms with Crippen LogP contribution in [0.25, 0.3) is 0 Å². The standard InChI is InChI=1S/C21H22N6O/c28-21(18-6-3-10-24-26-18)27-12-4-5-17(15-27)13-16-8-11-23-20(14-16)25-19-7-1-2-9-22-19/h1-3,6-11,14,17H,4-5,12-13,15H2,(H,22,23,25)/t17-/m0/s1. The van der Waals surface area contributed by atoms with Crippen molar-refractivity contribution < 1.29 is 4.79 Å². The highest BCUT2D eigenvalue weighted by Gasteiger charge is 2.25. The number of nitrogens with one attached hydrogen (secondary N) is 1. The lowest BCUT2D eigenvalue weighted by molar-refractivity contribution is 0.0666. The Hall–Kier alpha value is -3.35. The molecule has 0 bridgehead atoms. The third-order valence-corrected chi connectivity index (χ3v) is 4.87. The van der Waals surface area contributed by atoms with Gasteiger partial charge in [-0.1, -0.05) is 6.07 Å². The second-order valence-electron chi connectivity index (χ2n) is 6.96. The molecule has 1 amide bonds. The maximum Gasteiger partial charge on any atom is 0.274 e. The van der Waals surface area contributed by atoms with Gasteiger partial charge in [-0.3, -0.25) is 4.79 Å². The molecule has 0 spiro atoms. The number of pyridine rings is 2. The zero-order chi connectivity index (χ0) is 19.2. The molecule has 1 fully saturated rings. The van der Waals surface area contributed by atoms with Gasteiger partial charge in [-0.05, 0) is 67.1 Å². The van der Waals surface area contributed by atoms with Crippen LogP contribution in [0.3, 0.4) is 0 Å². The number of piperidine rings is 1. The van der Waals surface area contributed by atoms with Crippen LogP contribution >= 0.6 is 0 Å². The summed E-state index contributed by atoms with van der Waals surface area (Å²) in [6.45, 7) is 1.51.